The van der Waals surface area contributed by atoms with Crippen molar-refractivity contribution in [1.82, 2.24) is 10.2 Å². The molecular weight excluding hydrogens is 645 g/mol. The fourth-order valence-electron chi connectivity index (χ4n) is 6.03. The van der Waals surface area contributed by atoms with Gasteiger partial charge in [-0.15, -0.1) is 0 Å². The van der Waals surface area contributed by atoms with E-state index < -0.39 is 34.3 Å². The number of sulfonamides is 1. The number of hydrogen-bond acceptors (Lipinski definition) is 6. The maximum Gasteiger partial charge on any atom is 0.264 e. The molecule has 0 heterocycles. The average molecular weight is 688 g/mol. The number of rotatable bonds is 15. The minimum Gasteiger partial charge on any atom is -0.497 e. The van der Waals surface area contributed by atoms with Gasteiger partial charge in [-0.1, -0.05) is 55.3 Å². The van der Waals surface area contributed by atoms with Crippen molar-refractivity contribution in [2.24, 2.45) is 0 Å². The molecule has 2 amide bonds. The summed E-state index contributed by atoms with van der Waals surface area (Å²) >= 11 is 0. The van der Waals surface area contributed by atoms with Gasteiger partial charge in [-0.05, 0) is 91.6 Å². The molecule has 1 fully saturated rings. The number of anilines is 1. The summed E-state index contributed by atoms with van der Waals surface area (Å²) in [7, 11) is -2.83. The van der Waals surface area contributed by atoms with Crippen molar-refractivity contribution in [3.63, 3.8) is 0 Å². The molecule has 4 aromatic rings. The van der Waals surface area contributed by atoms with Crippen LogP contribution in [0.3, 0.4) is 0 Å². The molecule has 11 heteroatoms. The molecule has 0 bridgehead atoms. The van der Waals surface area contributed by atoms with E-state index in [1.807, 2.05) is 43.3 Å². The third-order valence-corrected chi connectivity index (χ3v) is 10.4. The Balaban J connectivity index is 1.57. The van der Waals surface area contributed by atoms with Gasteiger partial charge >= 0.3 is 0 Å². The maximum atomic E-state index is 14.7. The largest absolute Gasteiger partial charge is 0.497 e. The number of carbonyl (C=O) groups excluding carboxylic acids is 2. The second-order valence-corrected chi connectivity index (χ2v) is 13.8. The van der Waals surface area contributed by atoms with Gasteiger partial charge < -0.3 is 19.7 Å². The third kappa shape index (κ3) is 9.17. The average Bonchev–Trinajstić information content (AvgIpc) is 3.63. The van der Waals surface area contributed by atoms with Gasteiger partial charge in [0.25, 0.3) is 10.0 Å². The van der Waals surface area contributed by atoms with Gasteiger partial charge in [-0.3, -0.25) is 13.9 Å². The normalized spacial score (nSPS) is 13.8. The minimum absolute atomic E-state index is 0.00116. The molecule has 1 aliphatic carbocycles. The molecule has 5 rings (SSSR count). The van der Waals surface area contributed by atoms with Crippen molar-refractivity contribution < 1.29 is 31.9 Å². The van der Waals surface area contributed by atoms with Crippen LogP contribution in [0, 0.1) is 5.82 Å². The summed E-state index contributed by atoms with van der Waals surface area (Å²) < 4.78 is 54.2. The van der Waals surface area contributed by atoms with Crippen LogP contribution in [0.25, 0.3) is 0 Å². The number of amides is 2. The van der Waals surface area contributed by atoms with Gasteiger partial charge in [0, 0.05) is 19.0 Å². The van der Waals surface area contributed by atoms with Gasteiger partial charge in [0.2, 0.25) is 11.8 Å². The summed E-state index contributed by atoms with van der Waals surface area (Å²) in [5.74, 6) is -0.382. The van der Waals surface area contributed by atoms with Gasteiger partial charge in [-0.2, -0.15) is 0 Å². The van der Waals surface area contributed by atoms with Crippen molar-refractivity contribution in [1.29, 1.82) is 0 Å². The van der Waals surface area contributed by atoms with E-state index in [-0.39, 0.29) is 35.5 Å². The molecule has 1 atom stereocenters. The zero-order valence-corrected chi connectivity index (χ0v) is 28.6. The summed E-state index contributed by atoms with van der Waals surface area (Å²) in [5, 5.41) is 3.17. The highest BCUT2D eigenvalue weighted by Crippen LogP contribution is 2.28. The number of nitrogens with one attached hydrogen (secondary N) is 1. The van der Waals surface area contributed by atoms with E-state index in [1.165, 1.54) is 4.90 Å². The first-order valence-corrected chi connectivity index (χ1v) is 17.9. The second-order valence-electron chi connectivity index (χ2n) is 12.0. The Bertz CT molecular complexity index is 1800. The van der Waals surface area contributed by atoms with E-state index in [0.717, 1.165) is 59.8 Å². The van der Waals surface area contributed by atoms with Gasteiger partial charge in [0.1, 0.15) is 29.9 Å². The number of methoxy groups -OCH3 is 1. The molecule has 49 heavy (non-hydrogen) atoms. The van der Waals surface area contributed by atoms with Crippen LogP contribution in [0.5, 0.6) is 11.5 Å². The van der Waals surface area contributed by atoms with E-state index in [0.29, 0.717) is 23.7 Å². The van der Waals surface area contributed by atoms with Crippen LogP contribution < -0.4 is 19.1 Å². The summed E-state index contributed by atoms with van der Waals surface area (Å²) in [6.07, 6.45) is 3.95. The van der Waals surface area contributed by atoms with Crippen molar-refractivity contribution in [3.8, 4) is 11.5 Å². The van der Waals surface area contributed by atoms with Crippen LogP contribution in [0.15, 0.2) is 108 Å². The van der Waals surface area contributed by atoms with E-state index in [4.69, 9.17) is 9.47 Å². The molecule has 1 aliphatic rings. The lowest BCUT2D eigenvalue weighted by molar-refractivity contribution is -0.140. The number of ether oxygens (including phenoxy) is 2. The zero-order valence-electron chi connectivity index (χ0n) is 27.8. The molecule has 0 spiro atoms. The highest BCUT2D eigenvalue weighted by atomic mass is 32.2. The number of hydrogen-bond donors (Lipinski definition) is 1. The predicted molar refractivity (Wildman–Crippen MR) is 186 cm³/mol. The van der Waals surface area contributed by atoms with Crippen LogP contribution in [-0.4, -0.2) is 57.5 Å². The molecule has 0 radical (unpaired) electrons. The Kier molecular flexibility index (Phi) is 11.9. The lowest BCUT2D eigenvalue weighted by Gasteiger charge is -2.34. The Hall–Kier alpha value is -4.90. The zero-order chi connectivity index (χ0) is 34.8. The first-order chi connectivity index (χ1) is 23.7. The predicted octanol–water partition coefficient (Wildman–Crippen LogP) is 6.13. The molecule has 0 aliphatic heterocycles. The number of halogens is 1. The van der Waals surface area contributed by atoms with Gasteiger partial charge in [-0.25, -0.2) is 12.8 Å². The highest BCUT2D eigenvalue weighted by Gasteiger charge is 2.35. The molecular formula is C38H42FN3O6S. The summed E-state index contributed by atoms with van der Waals surface area (Å²) in [4.78, 5) is 30.1. The van der Waals surface area contributed by atoms with Crippen LogP contribution in [0.2, 0.25) is 0 Å². The standard InChI is InChI=1S/C38H42FN3O6S/c1-3-48-33-20-18-32(19-21-33)42(49(45,46)35-22-16-30(39)17-23-35)27-37(43)41(26-29-12-9-15-34(24-29)47-2)36(25-28-10-5-4-6-11-28)38(44)40-31-13-7-8-14-31/h4-6,9-12,15-24,31,36H,3,7-8,13-14,25-27H2,1-2H3,(H,40,44)/t36-/m1/s1. The van der Waals surface area contributed by atoms with E-state index in [2.05, 4.69) is 5.32 Å². The fourth-order valence-corrected chi connectivity index (χ4v) is 7.44. The SMILES string of the molecule is CCOc1ccc(N(CC(=O)N(Cc2cccc(OC)c2)[C@H](Cc2ccccc2)C(=O)NC2CCCC2)S(=O)(=O)c2ccc(F)cc2)cc1. The van der Waals surface area contributed by atoms with Crippen LogP contribution in [0.4, 0.5) is 10.1 Å². The minimum atomic E-state index is -4.37. The van der Waals surface area contributed by atoms with Crippen LogP contribution in [0.1, 0.15) is 43.7 Å². The lowest BCUT2D eigenvalue weighted by atomic mass is 10.0. The third-order valence-electron chi connectivity index (χ3n) is 8.58. The fraction of sp³-hybridized carbons (Fsp3) is 0.316. The molecule has 0 aromatic heterocycles. The summed E-state index contributed by atoms with van der Waals surface area (Å²) in [6, 6.07) is 26.5. The Morgan fingerprint density at radius 1 is 0.878 bits per heavy atom. The van der Waals surface area contributed by atoms with E-state index >= 15 is 0 Å². The van der Waals surface area contributed by atoms with E-state index in [9.17, 15) is 22.4 Å². The topological polar surface area (TPSA) is 105 Å². The first kappa shape index (κ1) is 35.4. The quantitative estimate of drug-likeness (QED) is 0.161. The molecule has 1 N–H and O–H groups in total. The molecule has 0 unspecified atom stereocenters. The number of benzene rings is 4. The first-order valence-electron chi connectivity index (χ1n) is 16.5. The highest BCUT2D eigenvalue weighted by molar-refractivity contribution is 7.92. The van der Waals surface area contributed by atoms with Crippen molar-refractivity contribution in [2.75, 3.05) is 24.6 Å². The summed E-state index contributed by atoms with van der Waals surface area (Å²) in [6.45, 7) is 1.64. The monoisotopic (exact) mass is 687 g/mol. The molecule has 1 saturated carbocycles. The number of carbonyl (C=O) groups is 2. The van der Waals surface area contributed by atoms with Crippen molar-refractivity contribution in [2.45, 2.75) is 62.6 Å². The Morgan fingerprint density at radius 2 is 1.55 bits per heavy atom. The number of nitrogens with zero attached hydrogens (tertiary/aromatic N) is 2. The van der Waals surface area contributed by atoms with Crippen molar-refractivity contribution >= 4 is 27.5 Å². The van der Waals surface area contributed by atoms with Crippen LogP contribution in [-0.2, 0) is 32.6 Å². The summed E-state index contributed by atoms with van der Waals surface area (Å²) in [5.41, 5.74) is 1.76. The second kappa shape index (κ2) is 16.5. The van der Waals surface area contributed by atoms with Crippen LogP contribution >= 0.6 is 0 Å². The van der Waals surface area contributed by atoms with Crippen molar-refractivity contribution in [3.05, 3.63) is 120 Å². The molecule has 258 valence electrons. The van der Waals surface area contributed by atoms with Gasteiger partial charge in [0.15, 0.2) is 0 Å². The molecule has 4 aromatic carbocycles. The maximum absolute atomic E-state index is 14.7. The molecule has 0 saturated heterocycles. The molecule has 9 nitrogen and oxygen atoms in total. The smallest absolute Gasteiger partial charge is 0.264 e. The van der Waals surface area contributed by atoms with E-state index in [1.54, 1.807) is 49.6 Å². The Labute approximate surface area is 287 Å². The Morgan fingerprint density at radius 3 is 2.20 bits per heavy atom. The van der Waals surface area contributed by atoms with Gasteiger partial charge in [0.05, 0.1) is 24.3 Å². The lowest BCUT2D eigenvalue weighted by Crippen LogP contribution is -2.54.